The van der Waals surface area contributed by atoms with E-state index in [1.807, 2.05) is 18.2 Å². The van der Waals surface area contributed by atoms with E-state index in [0.29, 0.717) is 6.42 Å². The van der Waals surface area contributed by atoms with E-state index in [4.69, 9.17) is 5.73 Å². The molecule has 0 saturated carbocycles. The molecular weight excluding hydrogens is 364 g/mol. The highest BCUT2D eigenvalue weighted by molar-refractivity contribution is 9.10. The van der Waals surface area contributed by atoms with Gasteiger partial charge in [-0.1, -0.05) is 15.9 Å². The van der Waals surface area contributed by atoms with Gasteiger partial charge in [-0.15, -0.1) is 0 Å². The van der Waals surface area contributed by atoms with Gasteiger partial charge in [0.25, 0.3) is 0 Å². The van der Waals surface area contributed by atoms with Crippen molar-refractivity contribution in [1.82, 2.24) is 4.98 Å². The van der Waals surface area contributed by atoms with Crippen molar-refractivity contribution >= 4 is 48.7 Å². The molecule has 4 nitrogen and oxygen atoms in total. The molecule has 1 aromatic heterocycles. The van der Waals surface area contributed by atoms with E-state index >= 15 is 0 Å². The van der Waals surface area contributed by atoms with Crippen molar-refractivity contribution in [2.75, 3.05) is 7.11 Å². The Kier molecular flexibility index (Phi) is 4.09. The average molecular weight is 376 g/mol. The van der Waals surface area contributed by atoms with Crippen molar-refractivity contribution in [3.63, 3.8) is 0 Å². The molecule has 0 aliphatic heterocycles. The number of H-pyrrole nitrogens is 1. The lowest BCUT2D eigenvalue weighted by atomic mass is 10.1. The van der Waals surface area contributed by atoms with Gasteiger partial charge in [-0.3, -0.25) is 4.79 Å². The number of benzene rings is 1. The molecule has 96 valence electrons. The molecular formula is C12H12Br2N2O2. The summed E-state index contributed by atoms with van der Waals surface area (Å²) in [6, 6.07) is 5.26. The molecule has 0 aliphatic carbocycles. The zero-order chi connectivity index (χ0) is 13.3. The number of nitrogens with one attached hydrogen (secondary N) is 1. The third-order valence-electron chi connectivity index (χ3n) is 2.74. The number of carbonyl (C=O) groups is 1. The Bertz CT molecular complexity index is 595. The first-order valence-electron chi connectivity index (χ1n) is 5.32. The summed E-state index contributed by atoms with van der Waals surface area (Å²) in [5.74, 6) is -0.411. The predicted molar refractivity (Wildman–Crippen MR) is 77.4 cm³/mol. The van der Waals surface area contributed by atoms with E-state index in [-0.39, 0.29) is 0 Å². The highest BCUT2D eigenvalue weighted by Gasteiger charge is 2.19. The maximum atomic E-state index is 11.4. The molecule has 1 aromatic carbocycles. The Morgan fingerprint density at radius 3 is 2.89 bits per heavy atom. The molecule has 0 fully saturated rings. The second-order valence-corrected chi connectivity index (χ2v) is 5.65. The minimum Gasteiger partial charge on any atom is -0.468 e. The van der Waals surface area contributed by atoms with Crippen LogP contribution in [0.5, 0.6) is 0 Å². The van der Waals surface area contributed by atoms with Gasteiger partial charge in [0, 0.05) is 21.8 Å². The number of hydrogen-bond acceptors (Lipinski definition) is 3. The molecule has 0 radical (unpaired) electrons. The Labute approximate surface area is 121 Å². The van der Waals surface area contributed by atoms with Crippen LogP contribution in [-0.4, -0.2) is 24.1 Å². The Hall–Kier alpha value is -0.850. The molecule has 0 amide bonds. The molecule has 0 bridgehead atoms. The van der Waals surface area contributed by atoms with E-state index < -0.39 is 12.0 Å². The van der Waals surface area contributed by atoms with Crippen LogP contribution >= 0.6 is 31.9 Å². The molecule has 2 aromatic rings. The number of methoxy groups -OCH3 is 1. The van der Waals surface area contributed by atoms with E-state index in [9.17, 15) is 4.79 Å². The number of carbonyl (C=O) groups excluding carboxylic acids is 1. The summed E-state index contributed by atoms with van der Waals surface area (Å²) in [6.07, 6.45) is 0.420. The van der Waals surface area contributed by atoms with Crippen LogP contribution in [0.3, 0.4) is 0 Å². The average Bonchev–Trinajstić information content (AvgIpc) is 2.65. The first-order chi connectivity index (χ1) is 8.52. The second kappa shape index (κ2) is 5.42. The standard InChI is InChI=1S/C12H12Br2N2O2/c1-18-12(17)9(15)5-8-7-4-6(13)2-3-10(7)16-11(8)14/h2-4,9,16H,5,15H2,1H3/t9-/m0/s1. The third-order valence-corrected chi connectivity index (χ3v) is 3.91. The highest BCUT2D eigenvalue weighted by atomic mass is 79.9. The van der Waals surface area contributed by atoms with Crippen LogP contribution in [0.25, 0.3) is 10.9 Å². The summed E-state index contributed by atoms with van der Waals surface area (Å²) < 4.78 is 6.46. The summed E-state index contributed by atoms with van der Waals surface area (Å²) >= 11 is 6.89. The smallest absolute Gasteiger partial charge is 0.322 e. The lowest BCUT2D eigenvalue weighted by Gasteiger charge is -2.08. The van der Waals surface area contributed by atoms with Crippen molar-refractivity contribution in [3.8, 4) is 0 Å². The van der Waals surface area contributed by atoms with Gasteiger partial charge in [0.05, 0.1) is 11.7 Å². The van der Waals surface area contributed by atoms with Crippen LogP contribution in [0.4, 0.5) is 0 Å². The minimum absolute atomic E-state index is 0.411. The van der Waals surface area contributed by atoms with Gasteiger partial charge in [0.15, 0.2) is 0 Å². The largest absolute Gasteiger partial charge is 0.468 e. The summed E-state index contributed by atoms with van der Waals surface area (Å²) in [7, 11) is 1.34. The normalized spacial score (nSPS) is 12.7. The van der Waals surface area contributed by atoms with Crippen molar-refractivity contribution in [3.05, 3.63) is 32.8 Å². The number of halogens is 2. The fourth-order valence-electron chi connectivity index (χ4n) is 1.84. The van der Waals surface area contributed by atoms with Crippen molar-refractivity contribution in [1.29, 1.82) is 0 Å². The van der Waals surface area contributed by atoms with Crippen LogP contribution in [0.2, 0.25) is 0 Å². The maximum Gasteiger partial charge on any atom is 0.322 e. The van der Waals surface area contributed by atoms with E-state index in [2.05, 4.69) is 41.6 Å². The summed E-state index contributed by atoms with van der Waals surface area (Å²) in [5, 5.41) is 1.04. The van der Waals surface area contributed by atoms with Gasteiger partial charge in [0.1, 0.15) is 6.04 Å². The third kappa shape index (κ3) is 2.60. The molecule has 3 N–H and O–H groups in total. The number of ether oxygens (including phenoxy) is 1. The number of hydrogen-bond donors (Lipinski definition) is 2. The van der Waals surface area contributed by atoms with Gasteiger partial charge < -0.3 is 15.5 Å². The molecule has 18 heavy (non-hydrogen) atoms. The zero-order valence-electron chi connectivity index (χ0n) is 9.67. The molecule has 1 atom stereocenters. The highest BCUT2D eigenvalue weighted by Crippen LogP contribution is 2.29. The summed E-state index contributed by atoms with van der Waals surface area (Å²) in [4.78, 5) is 14.6. The Morgan fingerprint density at radius 1 is 1.50 bits per heavy atom. The van der Waals surface area contributed by atoms with Gasteiger partial charge in [-0.2, -0.15) is 0 Å². The fourth-order valence-corrected chi connectivity index (χ4v) is 2.79. The SMILES string of the molecule is COC(=O)[C@@H](N)Cc1c(Br)[nH]c2ccc(Br)cc12. The molecule has 2 rings (SSSR count). The topological polar surface area (TPSA) is 68.1 Å². The molecule has 1 heterocycles. The molecule has 0 unspecified atom stereocenters. The van der Waals surface area contributed by atoms with Crippen LogP contribution < -0.4 is 5.73 Å². The number of aromatic nitrogens is 1. The lowest BCUT2D eigenvalue weighted by molar-refractivity contribution is -0.142. The van der Waals surface area contributed by atoms with Gasteiger partial charge in [-0.25, -0.2) is 0 Å². The Morgan fingerprint density at radius 2 is 2.22 bits per heavy atom. The second-order valence-electron chi connectivity index (χ2n) is 3.94. The Balaban J connectivity index is 2.40. The molecule has 0 saturated heterocycles. The molecule has 0 spiro atoms. The number of nitrogens with two attached hydrogens (primary N) is 1. The molecule has 0 aliphatic rings. The number of rotatable bonds is 3. The zero-order valence-corrected chi connectivity index (χ0v) is 12.8. The summed E-state index contributed by atoms with van der Waals surface area (Å²) in [5.41, 5.74) is 7.77. The monoisotopic (exact) mass is 374 g/mol. The van der Waals surface area contributed by atoms with Crippen LogP contribution in [-0.2, 0) is 16.0 Å². The number of fused-ring (bicyclic) bond motifs is 1. The maximum absolute atomic E-state index is 11.4. The minimum atomic E-state index is -0.663. The van der Waals surface area contributed by atoms with Crippen molar-refractivity contribution < 1.29 is 9.53 Å². The fraction of sp³-hybridized carbons (Fsp3) is 0.250. The first-order valence-corrected chi connectivity index (χ1v) is 6.90. The molecule has 6 heteroatoms. The van der Waals surface area contributed by atoms with Crippen LogP contribution in [0.15, 0.2) is 27.3 Å². The van der Waals surface area contributed by atoms with Crippen molar-refractivity contribution in [2.45, 2.75) is 12.5 Å². The van der Waals surface area contributed by atoms with Crippen LogP contribution in [0, 0.1) is 0 Å². The number of aromatic amines is 1. The van der Waals surface area contributed by atoms with E-state index in [1.54, 1.807) is 0 Å². The summed E-state index contributed by atoms with van der Waals surface area (Å²) in [6.45, 7) is 0. The lowest BCUT2D eigenvalue weighted by Crippen LogP contribution is -2.33. The predicted octanol–water partition coefficient (Wildman–Crippen LogP) is 2.74. The quantitative estimate of drug-likeness (QED) is 0.810. The van der Waals surface area contributed by atoms with Gasteiger partial charge in [-0.05, 0) is 39.7 Å². The number of esters is 1. The van der Waals surface area contributed by atoms with E-state index in [1.165, 1.54) is 7.11 Å². The van der Waals surface area contributed by atoms with Crippen molar-refractivity contribution in [2.24, 2.45) is 5.73 Å². The van der Waals surface area contributed by atoms with Gasteiger partial charge >= 0.3 is 5.97 Å². The first kappa shape index (κ1) is 13.6. The van der Waals surface area contributed by atoms with Crippen LogP contribution in [0.1, 0.15) is 5.56 Å². The van der Waals surface area contributed by atoms with Gasteiger partial charge in [0.2, 0.25) is 0 Å². The van der Waals surface area contributed by atoms with E-state index in [0.717, 1.165) is 25.5 Å².